The fourth-order valence-corrected chi connectivity index (χ4v) is 4.36. The van der Waals surface area contributed by atoms with Crippen molar-refractivity contribution in [3.63, 3.8) is 0 Å². The van der Waals surface area contributed by atoms with E-state index in [0.29, 0.717) is 16.5 Å². The lowest BCUT2D eigenvalue weighted by atomic mass is 9.96. The maximum atomic E-state index is 12.2. The first-order chi connectivity index (χ1) is 12.2. The molecule has 1 aromatic carbocycles. The molecule has 2 heterocycles. The van der Waals surface area contributed by atoms with Gasteiger partial charge in [0.2, 0.25) is 0 Å². The number of likely N-dealkylation sites (tertiary alicyclic amines) is 1. The summed E-state index contributed by atoms with van der Waals surface area (Å²) in [6.45, 7) is 5.76. The Hall–Kier alpha value is -1.44. The van der Waals surface area contributed by atoms with Crippen LogP contribution in [0.2, 0.25) is 0 Å². The lowest BCUT2D eigenvalue weighted by molar-refractivity contribution is 0.0938. The van der Waals surface area contributed by atoms with Crippen LogP contribution in [0.1, 0.15) is 33.8 Å². The molecule has 1 saturated heterocycles. The second-order valence-corrected chi connectivity index (χ2v) is 8.03. The van der Waals surface area contributed by atoms with E-state index in [-0.39, 0.29) is 5.91 Å². The van der Waals surface area contributed by atoms with Gasteiger partial charge in [0.1, 0.15) is 4.88 Å². The highest BCUT2D eigenvalue weighted by atomic mass is 32.2. The molecule has 1 fully saturated rings. The number of aryl methyl sites for hydroxylation is 1. The van der Waals surface area contributed by atoms with E-state index in [2.05, 4.69) is 50.3 Å². The van der Waals surface area contributed by atoms with E-state index in [4.69, 9.17) is 0 Å². The Kier molecular flexibility index (Phi) is 6.45. The van der Waals surface area contributed by atoms with Gasteiger partial charge in [0.25, 0.3) is 5.91 Å². The third kappa shape index (κ3) is 4.80. The molecule has 0 atom stereocenters. The van der Waals surface area contributed by atoms with E-state index in [1.807, 2.05) is 18.7 Å². The van der Waals surface area contributed by atoms with Crippen molar-refractivity contribution in [3.8, 4) is 0 Å². The molecule has 0 radical (unpaired) electrons. The summed E-state index contributed by atoms with van der Waals surface area (Å²) in [4.78, 5) is 16.7. The van der Waals surface area contributed by atoms with Crippen molar-refractivity contribution in [1.82, 2.24) is 19.8 Å². The number of thioether (sulfide) groups is 1. The lowest BCUT2D eigenvalue weighted by Gasteiger charge is -2.32. The van der Waals surface area contributed by atoms with E-state index in [1.165, 1.54) is 22.0 Å². The predicted octanol–water partition coefficient (Wildman–Crippen LogP) is 3.21. The van der Waals surface area contributed by atoms with Gasteiger partial charge in [-0.3, -0.25) is 9.69 Å². The highest BCUT2D eigenvalue weighted by molar-refractivity contribution is 7.98. The van der Waals surface area contributed by atoms with Gasteiger partial charge < -0.3 is 5.32 Å². The monoisotopic (exact) mass is 376 g/mol. The van der Waals surface area contributed by atoms with Gasteiger partial charge in [0.15, 0.2) is 0 Å². The minimum atomic E-state index is -0.0381. The van der Waals surface area contributed by atoms with Gasteiger partial charge >= 0.3 is 0 Å². The summed E-state index contributed by atoms with van der Waals surface area (Å²) in [6.07, 6.45) is 4.39. The fraction of sp³-hybridized carbons (Fsp3) is 0.500. The van der Waals surface area contributed by atoms with E-state index in [9.17, 15) is 4.79 Å². The van der Waals surface area contributed by atoms with Gasteiger partial charge in [-0.1, -0.05) is 22.7 Å². The van der Waals surface area contributed by atoms with E-state index < -0.39 is 0 Å². The first-order valence-corrected chi connectivity index (χ1v) is 10.6. The summed E-state index contributed by atoms with van der Waals surface area (Å²) in [5.41, 5.74) is 2.12. The van der Waals surface area contributed by atoms with Crippen LogP contribution in [0.3, 0.4) is 0 Å². The molecule has 0 bridgehead atoms. The highest BCUT2D eigenvalue weighted by Crippen LogP contribution is 2.24. The number of aromatic nitrogens is 2. The van der Waals surface area contributed by atoms with Crippen molar-refractivity contribution in [3.05, 3.63) is 40.4 Å². The van der Waals surface area contributed by atoms with Gasteiger partial charge in [-0.2, -0.15) is 0 Å². The molecule has 2 aromatic rings. The first-order valence-electron chi connectivity index (χ1n) is 8.58. The zero-order valence-electron chi connectivity index (χ0n) is 14.7. The zero-order chi connectivity index (χ0) is 17.6. The van der Waals surface area contributed by atoms with Crippen LogP contribution in [-0.4, -0.2) is 46.3 Å². The molecule has 1 N–H and O–H groups in total. The number of piperidine rings is 1. The minimum absolute atomic E-state index is 0.0381. The van der Waals surface area contributed by atoms with Gasteiger partial charge in [-0.15, -0.1) is 16.9 Å². The summed E-state index contributed by atoms with van der Waals surface area (Å²) in [7, 11) is 0. The van der Waals surface area contributed by atoms with Crippen molar-refractivity contribution in [1.29, 1.82) is 0 Å². The maximum absolute atomic E-state index is 12.2. The molecule has 1 aliphatic heterocycles. The van der Waals surface area contributed by atoms with Crippen LogP contribution in [0.5, 0.6) is 0 Å². The maximum Gasteiger partial charge on any atom is 0.264 e. The molecule has 0 spiro atoms. The third-order valence-electron chi connectivity index (χ3n) is 4.70. The average Bonchev–Trinajstić information content (AvgIpc) is 3.07. The van der Waals surface area contributed by atoms with Gasteiger partial charge in [-0.05, 0) is 68.2 Å². The van der Waals surface area contributed by atoms with Crippen LogP contribution in [0.4, 0.5) is 0 Å². The fourth-order valence-electron chi connectivity index (χ4n) is 3.18. The Morgan fingerprint density at radius 2 is 2.12 bits per heavy atom. The molecule has 0 aliphatic carbocycles. The van der Waals surface area contributed by atoms with Gasteiger partial charge in [0, 0.05) is 18.0 Å². The van der Waals surface area contributed by atoms with Crippen LogP contribution in [0.15, 0.2) is 29.2 Å². The molecule has 1 aromatic heterocycles. The zero-order valence-corrected chi connectivity index (χ0v) is 16.3. The molecule has 0 unspecified atom stereocenters. The number of hydrogen-bond donors (Lipinski definition) is 1. The third-order valence-corrected chi connectivity index (χ3v) is 6.37. The summed E-state index contributed by atoms with van der Waals surface area (Å²) in [6, 6.07) is 8.64. The topological polar surface area (TPSA) is 58.1 Å². The van der Waals surface area contributed by atoms with Crippen molar-refractivity contribution < 1.29 is 4.79 Å². The average molecular weight is 377 g/mol. The lowest BCUT2D eigenvalue weighted by Crippen LogP contribution is -2.38. The quantitative estimate of drug-likeness (QED) is 0.785. The second-order valence-electron chi connectivity index (χ2n) is 6.43. The number of nitrogens with one attached hydrogen (secondary N) is 1. The smallest absolute Gasteiger partial charge is 0.264 e. The molecule has 1 amide bonds. The molecule has 7 heteroatoms. The number of benzene rings is 1. The molecular weight excluding hydrogens is 352 g/mol. The summed E-state index contributed by atoms with van der Waals surface area (Å²) < 4.78 is 3.82. The molecule has 1 aliphatic rings. The Labute approximate surface area is 157 Å². The van der Waals surface area contributed by atoms with Crippen molar-refractivity contribution in [2.75, 3.05) is 25.9 Å². The van der Waals surface area contributed by atoms with Gasteiger partial charge in [-0.25, -0.2) is 0 Å². The van der Waals surface area contributed by atoms with E-state index >= 15 is 0 Å². The summed E-state index contributed by atoms with van der Waals surface area (Å²) in [5.74, 6) is 0.515. The number of nitrogens with zero attached hydrogens (tertiary/aromatic N) is 3. The molecular formula is C18H24N4OS2. The number of rotatable bonds is 6. The Bertz CT molecular complexity index is 711. The Balaban J connectivity index is 1.44. The Morgan fingerprint density at radius 1 is 1.36 bits per heavy atom. The van der Waals surface area contributed by atoms with Crippen LogP contribution >= 0.6 is 23.3 Å². The van der Waals surface area contributed by atoms with Gasteiger partial charge in [0.05, 0.1) is 5.69 Å². The molecule has 0 saturated carbocycles. The minimum Gasteiger partial charge on any atom is -0.351 e. The summed E-state index contributed by atoms with van der Waals surface area (Å²) in [5, 5.41) is 6.94. The first kappa shape index (κ1) is 18.4. The van der Waals surface area contributed by atoms with Crippen LogP contribution in [-0.2, 0) is 6.54 Å². The molecule has 3 rings (SSSR count). The standard InChI is InChI=1S/C18H24N4OS2/c1-13-17(25-21-20-13)18(23)19-11-14-7-9-22(10-8-14)12-15-5-3-4-6-16(15)24-2/h3-6,14H,7-12H2,1-2H3,(H,19,23). The molecule has 134 valence electrons. The number of hydrogen-bond acceptors (Lipinski definition) is 6. The van der Waals surface area contributed by atoms with Crippen LogP contribution in [0.25, 0.3) is 0 Å². The number of amides is 1. The molecule has 5 nitrogen and oxygen atoms in total. The second kappa shape index (κ2) is 8.78. The summed E-state index contributed by atoms with van der Waals surface area (Å²) >= 11 is 2.98. The van der Waals surface area contributed by atoms with Crippen molar-refractivity contribution in [2.24, 2.45) is 5.92 Å². The highest BCUT2D eigenvalue weighted by Gasteiger charge is 2.21. The number of carbonyl (C=O) groups excluding carboxylic acids is 1. The normalized spacial score (nSPS) is 16.1. The van der Waals surface area contributed by atoms with E-state index in [0.717, 1.165) is 39.0 Å². The van der Waals surface area contributed by atoms with Crippen LogP contribution < -0.4 is 5.32 Å². The van der Waals surface area contributed by atoms with Crippen LogP contribution in [0, 0.1) is 12.8 Å². The van der Waals surface area contributed by atoms with Crippen molar-refractivity contribution >= 4 is 29.2 Å². The molecule has 25 heavy (non-hydrogen) atoms. The predicted molar refractivity (Wildman–Crippen MR) is 103 cm³/mol. The Morgan fingerprint density at radius 3 is 2.80 bits per heavy atom. The van der Waals surface area contributed by atoms with E-state index in [1.54, 1.807) is 0 Å². The SMILES string of the molecule is CSc1ccccc1CN1CCC(CNC(=O)c2snnc2C)CC1. The van der Waals surface area contributed by atoms with Crippen molar-refractivity contribution in [2.45, 2.75) is 31.2 Å². The number of carbonyl (C=O) groups is 1. The largest absolute Gasteiger partial charge is 0.351 e.